The highest BCUT2D eigenvalue weighted by molar-refractivity contribution is 9.11. The second-order valence-corrected chi connectivity index (χ2v) is 6.56. The molecule has 0 saturated carbocycles. The lowest BCUT2D eigenvalue weighted by Crippen LogP contribution is -2.32. The van der Waals surface area contributed by atoms with Gasteiger partial charge in [0.2, 0.25) is 5.01 Å². The number of aryl methyl sites for hydroxylation is 2. The molecular weight excluding hydrogens is 373 g/mol. The number of esters is 1. The molecule has 1 aromatic heterocycles. The minimum Gasteiger partial charge on any atom is -0.464 e. The lowest BCUT2D eigenvalue weighted by Gasteiger charge is -2.00. The Bertz CT molecular complexity index is 600. The molecule has 0 aliphatic heterocycles. The second kappa shape index (κ2) is 9.01. The van der Waals surface area contributed by atoms with Crippen molar-refractivity contribution in [2.45, 2.75) is 13.8 Å². The van der Waals surface area contributed by atoms with E-state index in [0.29, 0.717) is 10.5 Å². The van der Waals surface area contributed by atoms with Crippen LogP contribution in [0.15, 0.2) is 28.1 Å². The summed E-state index contributed by atoms with van der Waals surface area (Å²) in [6.07, 6.45) is 0. The first-order valence-corrected chi connectivity index (χ1v) is 7.76. The third kappa shape index (κ3) is 5.50. The van der Waals surface area contributed by atoms with Gasteiger partial charge in [0.05, 0.1) is 16.6 Å². The molecule has 2 rings (SSSR count). The number of carbonyl (C=O) groups is 1. The van der Waals surface area contributed by atoms with E-state index in [2.05, 4.69) is 30.5 Å². The molecule has 0 atom stereocenters. The number of rotatable bonds is 3. The highest BCUT2D eigenvalue weighted by Crippen LogP contribution is 2.24. The lowest BCUT2D eigenvalue weighted by molar-refractivity contribution is -0.154. The third-order valence-electron chi connectivity index (χ3n) is 2.56. The van der Waals surface area contributed by atoms with Crippen LogP contribution in [-0.4, -0.2) is 35.5 Å². The molecule has 6 nitrogen and oxygen atoms in total. The van der Waals surface area contributed by atoms with E-state index in [1.165, 1.54) is 18.4 Å². The Morgan fingerprint density at radius 1 is 1.32 bits per heavy atom. The third-order valence-corrected chi connectivity index (χ3v) is 4.55. The number of halogens is 1. The standard InChI is InChI=1S/C7H9BO3.C6H6BrNO2S/c1-6-2-4-7(5-3-6)8(9)11-10;1-3-4(7)11-5(8-3)6(9)10-2/h2-5,9-10H,1H3;1-2H3. The normalized spacial score (nSPS) is 9.73. The fourth-order valence-corrected chi connectivity index (χ4v) is 2.61. The van der Waals surface area contributed by atoms with Gasteiger partial charge in [-0.15, -0.1) is 0 Å². The van der Waals surface area contributed by atoms with Crippen molar-refractivity contribution in [2.24, 2.45) is 0 Å². The van der Waals surface area contributed by atoms with E-state index in [1.54, 1.807) is 12.1 Å². The summed E-state index contributed by atoms with van der Waals surface area (Å²) in [5.41, 5.74) is 2.45. The monoisotopic (exact) mass is 387 g/mol. The van der Waals surface area contributed by atoms with Crippen LogP contribution in [0.25, 0.3) is 0 Å². The molecule has 0 amide bonds. The van der Waals surface area contributed by atoms with E-state index in [-0.39, 0.29) is 5.97 Å². The molecule has 22 heavy (non-hydrogen) atoms. The SMILES string of the molecule is COC(=O)c1nc(C)c(Br)s1.Cc1ccc(B(O)OO)cc1. The van der Waals surface area contributed by atoms with Crippen LogP contribution in [0.4, 0.5) is 0 Å². The zero-order valence-corrected chi connectivity index (χ0v) is 14.6. The maximum absolute atomic E-state index is 10.9. The second-order valence-electron chi connectivity index (χ2n) is 4.24. The molecule has 0 fully saturated rings. The summed E-state index contributed by atoms with van der Waals surface area (Å²) in [4.78, 5) is 18.6. The Kier molecular flexibility index (Phi) is 7.70. The maximum atomic E-state index is 10.9. The number of nitrogens with zero attached hydrogens (tertiary/aromatic N) is 1. The van der Waals surface area contributed by atoms with Gasteiger partial charge in [-0.3, -0.25) is 10.1 Å². The number of hydrogen-bond donors (Lipinski definition) is 2. The van der Waals surface area contributed by atoms with Crippen LogP contribution in [0.2, 0.25) is 0 Å². The Labute approximate surface area is 140 Å². The number of thiazole rings is 1. The maximum Gasteiger partial charge on any atom is 0.522 e. The van der Waals surface area contributed by atoms with Crippen LogP contribution in [0.5, 0.6) is 0 Å². The molecule has 0 unspecified atom stereocenters. The van der Waals surface area contributed by atoms with Crippen molar-refractivity contribution in [3.63, 3.8) is 0 Å². The summed E-state index contributed by atoms with van der Waals surface area (Å²) >= 11 is 4.54. The van der Waals surface area contributed by atoms with Gasteiger partial charge >= 0.3 is 13.1 Å². The Morgan fingerprint density at radius 3 is 2.32 bits per heavy atom. The first-order chi connectivity index (χ1) is 10.4. The fraction of sp³-hybridized carbons (Fsp3) is 0.231. The van der Waals surface area contributed by atoms with E-state index in [9.17, 15) is 4.79 Å². The predicted molar refractivity (Wildman–Crippen MR) is 88.4 cm³/mol. The quantitative estimate of drug-likeness (QED) is 0.363. The summed E-state index contributed by atoms with van der Waals surface area (Å²) in [5.74, 6) is -0.385. The van der Waals surface area contributed by atoms with Crippen molar-refractivity contribution in [2.75, 3.05) is 7.11 Å². The molecule has 2 aromatic rings. The summed E-state index contributed by atoms with van der Waals surface area (Å²) in [7, 11) is 0.100. The first-order valence-electron chi connectivity index (χ1n) is 6.15. The van der Waals surface area contributed by atoms with Gasteiger partial charge in [0.15, 0.2) is 0 Å². The van der Waals surface area contributed by atoms with E-state index in [1.807, 2.05) is 26.0 Å². The molecule has 0 saturated heterocycles. The highest BCUT2D eigenvalue weighted by Gasteiger charge is 2.15. The molecule has 1 aromatic carbocycles. The topological polar surface area (TPSA) is 88.9 Å². The first kappa shape index (κ1) is 18.8. The van der Waals surface area contributed by atoms with Gasteiger partial charge in [-0.25, -0.2) is 9.78 Å². The van der Waals surface area contributed by atoms with Gasteiger partial charge in [-0.2, -0.15) is 0 Å². The molecule has 0 aliphatic carbocycles. The molecule has 118 valence electrons. The number of benzene rings is 1. The Balaban J connectivity index is 0.000000220. The van der Waals surface area contributed by atoms with Crippen molar-refractivity contribution in [1.82, 2.24) is 4.98 Å². The minimum atomic E-state index is -1.24. The molecule has 0 spiro atoms. The molecule has 9 heteroatoms. The van der Waals surface area contributed by atoms with Gasteiger partial charge in [-0.1, -0.05) is 41.2 Å². The van der Waals surface area contributed by atoms with Crippen LogP contribution in [-0.2, 0) is 9.54 Å². The smallest absolute Gasteiger partial charge is 0.464 e. The average molecular weight is 388 g/mol. The van der Waals surface area contributed by atoms with Gasteiger partial charge < -0.3 is 9.76 Å². The van der Waals surface area contributed by atoms with Crippen molar-refractivity contribution < 1.29 is 24.6 Å². The van der Waals surface area contributed by atoms with Crippen LogP contribution >= 0.6 is 27.3 Å². The fourth-order valence-electron chi connectivity index (χ4n) is 1.34. The van der Waals surface area contributed by atoms with E-state index < -0.39 is 7.12 Å². The van der Waals surface area contributed by atoms with Crippen molar-refractivity contribution >= 4 is 45.8 Å². The Morgan fingerprint density at radius 2 is 1.91 bits per heavy atom. The predicted octanol–water partition coefficient (Wildman–Crippen LogP) is 2.17. The molecule has 0 radical (unpaired) electrons. The van der Waals surface area contributed by atoms with Crippen molar-refractivity contribution in [3.8, 4) is 0 Å². The van der Waals surface area contributed by atoms with Crippen molar-refractivity contribution in [3.05, 3.63) is 44.3 Å². The van der Waals surface area contributed by atoms with E-state index in [0.717, 1.165) is 15.0 Å². The van der Waals surface area contributed by atoms with Gasteiger partial charge in [0.25, 0.3) is 0 Å². The largest absolute Gasteiger partial charge is 0.522 e. The minimum absolute atomic E-state index is 0.385. The molecule has 2 N–H and O–H groups in total. The molecular formula is C13H15BBrNO5S. The molecule has 1 heterocycles. The van der Waals surface area contributed by atoms with Gasteiger partial charge in [-0.05, 0) is 35.2 Å². The lowest BCUT2D eigenvalue weighted by atomic mass is 9.80. The van der Waals surface area contributed by atoms with Crippen LogP contribution in [0.3, 0.4) is 0 Å². The average Bonchev–Trinajstić information content (AvgIpc) is 2.86. The zero-order chi connectivity index (χ0) is 16.7. The van der Waals surface area contributed by atoms with Crippen LogP contribution in [0, 0.1) is 13.8 Å². The van der Waals surface area contributed by atoms with Crippen LogP contribution in [0.1, 0.15) is 21.1 Å². The number of aromatic nitrogens is 1. The summed E-state index contributed by atoms with van der Waals surface area (Å²) in [6.45, 7) is 3.77. The van der Waals surface area contributed by atoms with Crippen LogP contribution < -0.4 is 5.46 Å². The van der Waals surface area contributed by atoms with E-state index >= 15 is 0 Å². The number of methoxy groups -OCH3 is 1. The molecule has 0 aliphatic rings. The summed E-state index contributed by atoms with van der Waals surface area (Å²) < 4.78 is 5.37. The van der Waals surface area contributed by atoms with E-state index in [4.69, 9.17) is 10.3 Å². The Hall–Kier alpha value is -1.26. The number of hydrogen-bond acceptors (Lipinski definition) is 7. The van der Waals surface area contributed by atoms with Gasteiger partial charge in [0, 0.05) is 0 Å². The zero-order valence-electron chi connectivity index (χ0n) is 12.2. The molecule has 0 bridgehead atoms. The van der Waals surface area contributed by atoms with Gasteiger partial charge in [0.1, 0.15) is 0 Å². The summed E-state index contributed by atoms with van der Waals surface area (Å²) in [6, 6.07) is 7.04. The number of carbonyl (C=O) groups excluding carboxylic acids is 1. The summed E-state index contributed by atoms with van der Waals surface area (Å²) in [5, 5.41) is 17.4. The highest BCUT2D eigenvalue weighted by atomic mass is 79.9. The number of ether oxygens (including phenoxy) is 1. The van der Waals surface area contributed by atoms with Crippen molar-refractivity contribution in [1.29, 1.82) is 0 Å².